The molecule has 0 N–H and O–H groups in total. The molecule has 0 aliphatic rings. The lowest BCUT2D eigenvalue weighted by molar-refractivity contribution is 0.515. The second-order valence-corrected chi connectivity index (χ2v) is 22.3. The smallest absolute Gasteiger partial charge is 0.0542 e. The van der Waals surface area contributed by atoms with Crippen molar-refractivity contribution < 1.29 is 0 Å². The molecule has 6 heterocycles. The second-order valence-electron chi connectivity index (χ2n) is 18.6. The third-order valence-corrected chi connectivity index (χ3v) is 18.6. The van der Waals surface area contributed by atoms with Gasteiger partial charge in [-0.25, -0.2) is 0 Å². The molecule has 10 aromatic rings. The number of hydrogen-bond donors (Lipinski definition) is 0. The highest BCUT2D eigenvalue weighted by molar-refractivity contribution is 7.99. The highest BCUT2D eigenvalue weighted by Gasteiger charge is 2.20. The van der Waals surface area contributed by atoms with E-state index in [1.54, 1.807) is 0 Å². The number of thioether (sulfide) groups is 2. The van der Waals surface area contributed by atoms with Gasteiger partial charge in [0.2, 0.25) is 0 Å². The van der Waals surface area contributed by atoms with Crippen molar-refractivity contribution in [3.63, 3.8) is 0 Å². The van der Waals surface area contributed by atoms with Gasteiger partial charge >= 0.3 is 0 Å². The topological polar surface area (TPSA) is 19.7 Å². The van der Waals surface area contributed by atoms with Gasteiger partial charge in [-0.05, 0) is 138 Å². The summed E-state index contributed by atoms with van der Waals surface area (Å²) in [6.07, 6.45) is 27.8. The van der Waals surface area contributed by atoms with Gasteiger partial charge in [0.1, 0.15) is 0 Å². The monoisotopic (exact) mass is 948 g/mol. The van der Waals surface area contributed by atoms with Gasteiger partial charge in [-0.15, -0.1) is 46.2 Å². The zero-order chi connectivity index (χ0) is 46.2. The molecule has 0 fully saturated rings. The average molecular weight is 949 g/mol. The van der Waals surface area contributed by atoms with Crippen LogP contribution in [0.15, 0.2) is 107 Å². The Morgan fingerprint density at radius 2 is 0.697 bits per heavy atom. The molecule has 6 aromatic heterocycles. The van der Waals surface area contributed by atoms with Crippen molar-refractivity contribution >= 4 is 132 Å². The third kappa shape index (κ3) is 8.36. The predicted molar refractivity (Wildman–Crippen MR) is 301 cm³/mol. The number of thiophene rings is 2. The number of nitrogens with zero attached hydrogens (tertiary/aromatic N) is 4. The normalized spacial score (nSPS) is 14.2. The Morgan fingerprint density at radius 1 is 0.394 bits per heavy atom. The van der Waals surface area contributed by atoms with Crippen LogP contribution in [0.5, 0.6) is 0 Å². The molecule has 4 unspecified atom stereocenters. The van der Waals surface area contributed by atoms with E-state index in [-0.39, 0.29) is 0 Å². The molecule has 8 heteroatoms. The summed E-state index contributed by atoms with van der Waals surface area (Å²) in [7, 11) is 0. The van der Waals surface area contributed by atoms with Crippen LogP contribution < -0.4 is 0 Å². The Bertz CT molecular complexity index is 3100. The largest absolute Gasteiger partial charge is 0.345 e. The molecule has 4 aromatic carbocycles. The van der Waals surface area contributed by atoms with Crippen LogP contribution in [-0.2, 0) is 0 Å². The molecular weight excluding hydrogens is 881 g/mol. The number of fused-ring (bicyclic) bond motifs is 11. The van der Waals surface area contributed by atoms with E-state index < -0.39 is 0 Å². The molecule has 66 heavy (non-hydrogen) atoms. The molecule has 0 saturated carbocycles. The fraction of sp³-hybridized carbons (Fsp3) is 0.379. The van der Waals surface area contributed by atoms with Gasteiger partial charge in [0.25, 0.3) is 0 Å². The summed E-state index contributed by atoms with van der Waals surface area (Å²) in [5.41, 5.74) is 8.03. The summed E-state index contributed by atoms with van der Waals surface area (Å²) in [5, 5.41) is 8.39. The maximum absolute atomic E-state index is 2.47. The zero-order valence-electron chi connectivity index (χ0n) is 40.8. The summed E-state index contributed by atoms with van der Waals surface area (Å²) in [6.45, 7) is 18.4. The third-order valence-electron chi connectivity index (χ3n) is 14.2. The summed E-state index contributed by atoms with van der Waals surface area (Å²) < 4.78 is 15.6. The first kappa shape index (κ1) is 46.8. The highest BCUT2D eigenvalue weighted by Crippen LogP contribution is 2.49. The lowest BCUT2D eigenvalue weighted by Crippen LogP contribution is -2.03. The van der Waals surface area contributed by atoms with Crippen LogP contribution in [0.4, 0.5) is 0 Å². The Balaban J connectivity index is 0.000000166. The SMILES string of the molecule is CCCC(C)n1ccc2c(SC)c(/C=C/c3ccc4c(ccn4C(C)CCC)c3SC)ccc21.CCCC(C)n1ccc2c3sc4c5ccc6c(ccn6C(C)CCC)c5sc4c3ccc21. The minimum atomic E-state index is 0.529. The van der Waals surface area contributed by atoms with Crippen molar-refractivity contribution in [1.29, 1.82) is 0 Å². The maximum atomic E-state index is 2.47. The molecule has 10 rings (SSSR count). The molecule has 0 amide bonds. The fourth-order valence-electron chi connectivity index (χ4n) is 10.8. The highest BCUT2D eigenvalue weighted by atomic mass is 32.2. The Hall–Kier alpha value is -4.34. The van der Waals surface area contributed by atoms with E-state index in [4.69, 9.17) is 0 Å². The first-order valence-corrected chi connectivity index (χ1v) is 28.6. The Morgan fingerprint density at radius 3 is 1.02 bits per heavy atom. The lowest BCUT2D eigenvalue weighted by atomic mass is 10.1. The molecule has 4 atom stereocenters. The number of hydrogen-bond acceptors (Lipinski definition) is 4. The van der Waals surface area contributed by atoms with E-state index in [1.165, 1.54) is 145 Å². The average Bonchev–Trinajstić information content (AvgIpc) is 4.18. The van der Waals surface area contributed by atoms with Crippen LogP contribution in [-0.4, -0.2) is 30.8 Å². The van der Waals surface area contributed by atoms with Crippen molar-refractivity contribution in [2.45, 2.75) is 141 Å². The molecule has 344 valence electrons. The van der Waals surface area contributed by atoms with Crippen LogP contribution >= 0.6 is 46.2 Å². The first-order valence-electron chi connectivity index (χ1n) is 24.6. The summed E-state index contributed by atoms with van der Waals surface area (Å²) in [4.78, 5) is 2.73. The van der Waals surface area contributed by atoms with Crippen LogP contribution in [0.2, 0.25) is 0 Å². The van der Waals surface area contributed by atoms with E-state index in [1.807, 2.05) is 46.2 Å². The van der Waals surface area contributed by atoms with Crippen molar-refractivity contribution in [2.24, 2.45) is 0 Å². The number of benzene rings is 4. The van der Waals surface area contributed by atoms with Crippen molar-refractivity contribution in [3.05, 3.63) is 109 Å². The first-order chi connectivity index (χ1) is 32.1. The molecule has 0 radical (unpaired) electrons. The molecule has 4 nitrogen and oxygen atoms in total. The Labute approximate surface area is 409 Å². The number of aromatic nitrogens is 4. The maximum Gasteiger partial charge on any atom is 0.0542 e. The van der Waals surface area contributed by atoms with Crippen molar-refractivity contribution in [2.75, 3.05) is 12.5 Å². The van der Waals surface area contributed by atoms with E-state index in [9.17, 15) is 0 Å². The number of rotatable bonds is 16. The van der Waals surface area contributed by atoms with Gasteiger partial charge in [0.15, 0.2) is 0 Å². The van der Waals surface area contributed by atoms with E-state index in [0.29, 0.717) is 24.2 Å². The van der Waals surface area contributed by atoms with E-state index in [2.05, 4.69) is 196 Å². The van der Waals surface area contributed by atoms with Gasteiger partial charge in [-0.2, -0.15) is 0 Å². The summed E-state index contributed by atoms with van der Waals surface area (Å²) >= 11 is 7.67. The minimum Gasteiger partial charge on any atom is -0.345 e. The van der Waals surface area contributed by atoms with Gasteiger partial charge in [0, 0.05) is 123 Å². The predicted octanol–water partition coefficient (Wildman–Crippen LogP) is 19.8. The fourth-order valence-corrected chi connectivity index (χ4v) is 15.2. The van der Waals surface area contributed by atoms with Gasteiger partial charge in [-0.1, -0.05) is 77.7 Å². The van der Waals surface area contributed by atoms with Crippen molar-refractivity contribution in [1.82, 2.24) is 18.3 Å². The standard InChI is InChI=1S/C30H38N2S2.C28H30N2S2/c1-7-9-21(3)31-19-17-25-27(31)15-13-23(29(25)33-5)11-12-24-14-16-28-26(30(24)34-6)18-20-32(28)22(4)10-8-2;1-5-7-17(3)29-15-13-19-23(29)11-9-21-25(19)31-28-22-10-12-24-20(26(22)32-27(21)28)14-16-30(24)18(4)8-6-2/h11-22H,7-10H2,1-6H3;9-18H,5-8H2,1-4H3/b12-11+;. The van der Waals surface area contributed by atoms with Gasteiger partial charge in [-0.3, -0.25) is 0 Å². The summed E-state index contributed by atoms with van der Waals surface area (Å²) in [6, 6.07) is 30.0. The lowest BCUT2D eigenvalue weighted by Gasteiger charge is -2.15. The van der Waals surface area contributed by atoms with Gasteiger partial charge in [0.05, 0.1) is 9.40 Å². The van der Waals surface area contributed by atoms with Crippen LogP contribution in [0.1, 0.15) is 142 Å². The second kappa shape index (κ2) is 20.1. The quantitative estimate of drug-likeness (QED) is 0.0710. The Kier molecular flexibility index (Phi) is 14.2. The molecule has 0 saturated heterocycles. The van der Waals surface area contributed by atoms with Crippen LogP contribution in [0, 0.1) is 0 Å². The summed E-state index contributed by atoms with van der Waals surface area (Å²) in [5.74, 6) is 0. The van der Waals surface area contributed by atoms with Crippen LogP contribution in [0.25, 0.3) is 85.3 Å². The van der Waals surface area contributed by atoms with E-state index >= 15 is 0 Å². The molecule has 0 aliphatic heterocycles. The van der Waals surface area contributed by atoms with Gasteiger partial charge < -0.3 is 18.3 Å². The molecular formula is C58H68N4S4. The molecule has 0 spiro atoms. The van der Waals surface area contributed by atoms with Crippen LogP contribution in [0.3, 0.4) is 0 Å². The van der Waals surface area contributed by atoms with E-state index in [0.717, 1.165) is 0 Å². The molecule has 0 bridgehead atoms. The van der Waals surface area contributed by atoms with Crippen molar-refractivity contribution in [3.8, 4) is 0 Å². The molecule has 0 aliphatic carbocycles. The zero-order valence-corrected chi connectivity index (χ0v) is 44.0. The minimum absolute atomic E-state index is 0.529.